The lowest BCUT2D eigenvalue weighted by atomic mass is 9.89. The van der Waals surface area contributed by atoms with Crippen LogP contribution in [-0.4, -0.2) is 42.8 Å². The first-order chi connectivity index (χ1) is 9.38. The van der Waals surface area contributed by atoms with E-state index in [1.54, 1.807) is 13.0 Å². The quantitative estimate of drug-likeness (QED) is 0.890. The highest BCUT2D eigenvalue weighted by Gasteiger charge is 2.36. The number of rotatable bonds is 3. The van der Waals surface area contributed by atoms with E-state index in [4.69, 9.17) is 0 Å². The van der Waals surface area contributed by atoms with Gasteiger partial charge in [0.2, 0.25) is 0 Å². The minimum Gasteiger partial charge on any atom is -0.394 e. The normalized spacial score (nSPS) is 20.6. The minimum absolute atomic E-state index is 0.214. The van der Waals surface area contributed by atoms with Gasteiger partial charge in [-0.2, -0.15) is 13.2 Å². The molecule has 0 radical (unpaired) electrons. The predicted molar refractivity (Wildman–Crippen MR) is 70.3 cm³/mol. The lowest BCUT2D eigenvalue weighted by Gasteiger charge is -2.43. The number of benzene rings is 1. The maximum Gasteiger partial charge on any atom is 0.416 e. The zero-order chi connectivity index (χ0) is 14.8. The molecule has 0 aliphatic carbocycles. The van der Waals surface area contributed by atoms with Gasteiger partial charge in [0, 0.05) is 26.2 Å². The Morgan fingerprint density at radius 3 is 2.35 bits per heavy atom. The molecule has 0 bridgehead atoms. The van der Waals surface area contributed by atoms with Crippen LogP contribution in [0.1, 0.15) is 18.1 Å². The Bertz CT molecular complexity index is 458. The fourth-order valence-corrected chi connectivity index (χ4v) is 2.56. The second-order valence-corrected chi connectivity index (χ2v) is 5.25. The van der Waals surface area contributed by atoms with E-state index in [0.29, 0.717) is 18.7 Å². The molecule has 1 aliphatic heterocycles. The summed E-state index contributed by atoms with van der Waals surface area (Å²) in [6.45, 7) is 4.52. The summed E-state index contributed by atoms with van der Waals surface area (Å²) in [7, 11) is 0. The van der Waals surface area contributed by atoms with Gasteiger partial charge in [0.15, 0.2) is 0 Å². The smallest absolute Gasteiger partial charge is 0.394 e. The van der Waals surface area contributed by atoms with Crippen LogP contribution in [0.2, 0.25) is 0 Å². The molecule has 2 rings (SSSR count). The Balaban J connectivity index is 2.35. The average Bonchev–Trinajstić information content (AvgIpc) is 2.46. The molecule has 0 aromatic heterocycles. The second kappa shape index (κ2) is 5.71. The molecule has 6 heteroatoms. The molecule has 2 N–H and O–H groups in total. The lowest BCUT2D eigenvalue weighted by Crippen LogP contribution is -2.54. The van der Waals surface area contributed by atoms with Gasteiger partial charge in [-0.05, 0) is 24.6 Å². The fourth-order valence-electron chi connectivity index (χ4n) is 2.56. The Hall–Kier alpha value is -1.11. The zero-order valence-electron chi connectivity index (χ0n) is 11.4. The first-order valence-electron chi connectivity index (χ1n) is 6.62. The van der Waals surface area contributed by atoms with Gasteiger partial charge in [0.1, 0.15) is 0 Å². The van der Waals surface area contributed by atoms with Crippen LogP contribution in [-0.2, 0) is 11.7 Å². The number of nitrogens with zero attached hydrogens (tertiary/aromatic N) is 1. The Morgan fingerprint density at radius 2 is 1.80 bits per heavy atom. The fraction of sp³-hybridized carbons (Fsp3) is 0.571. The molecule has 112 valence electrons. The lowest BCUT2D eigenvalue weighted by molar-refractivity contribution is -0.137. The van der Waals surface area contributed by atoms with Crippen LogP contribution in [0, 0.1) is 0 Å². The van der Waals surface area contributed by atoms with E-state index in [-0.39, 0.29) is 6.61 Å². The standard InChI is InChI=1S/C14H19F3N2O/c1-13(10-20,19-7-5-18-6-8-19)11-3-2-4-12(9-11)14(15,16)17/h2-4,9,18,20H,5-8,10H2,1H3. The number of alkyl halides is 3. The summed E-state index contributed by atoms with van der Waals surface area (Å²) >= 11 is 0. The third-order valence-electron chi connectivity index (χ3n) is 3.93. The summed E-state index contributed by atoms with van der Waals surface area (Å²) in [4.78, 5) is 2.03. The van der Waals surface area contributed by atoms with Crippen LogP contribution in [0.4, 0.5) is 13.2 Å². The first-order valence-corrected chi connectivity index (χ1v) is 6.62. The van der Waals surface area contributed by atoms with E-state index in [0.717, 1.165) is 25.2 Å². The number of nitrogens with one attached hydrogen (secondary N) is 1. The third kappa shape index (κ3) is 2.97. The molecule has 0 amide bonds. The summed E-state index contributed by atoms with van der Waals surface area (Å²) in [5, 5.41) is 12.9. The van der Waals surface area contributed by atoms with Crippen molar-refractivity contribution < 1.29 is 18.3 Å². The summed E-state index contributed by atoms with van der Waals surface area (Å²) in [5.41, 5.74) is -0.967. The molecule has 1 aromatic carbocycles. The predicted octanol–water partition coefficient (Wildman–Crippen LogP) is 1.82. The molecular formula is C14H19F3N2O. The summed E-state index contributed by atoms with van der Waals surface area (Å²) < 4.78 is 38.4. The molecule has 0 spiro atoms. The van der Waals surface area contributed by atoms with Crippen LogP contribution in [0.25, 0.3) is 0 Å². The Labute approximate surface area is 116 Å². The van der Waals surface area contributed by atoms with Crippen molar-refractivity contribution in [2.24, 2.45) is 0 Å². The van der Waals surface area contributed by atoms with E-state index in [9.17, 15) is 18.3 Å². The summed E-state index contributed by atoms with van der Waals surface area (Å²) in [5.74, 6) is 0. The second-order valence-electron chi connectivity index (χ2n) is 5.25. The van der Waals surface area contributed by atoms with Crippen LogP contribution < -0.4 is 5.32 Å². The van der Waals surface area contributed by atoms with E-state index >= 15 is 0 Å². The largest absolute Gasteiger partial charge is 0.416 e. The number of hydrogen-bond donors (Lipinski definition) is 2. The molecule has 1 saturated heterocycles. The Kier molecular flexibility index (Phi) is 4.36. The van der Waals surface area contributed by atoms with Crippen molar-refractivity contribution in [2.45, 2.75) is 18.6 Å². The number of aliphatic hydroxyl groups excluding tert-OH is 1. The van der Waals surface area contributed by atoms with Crippen LogP contribution >= 0.6 is 0 Å². The molecule has 1 unspecified atom stereocenters. The monoisotopic (exact) mass is 288 g/mol. The molecule has 1 heterocycles. The van der Waals surface area contributed by atoms with Crippen molar-refractivity contribution >= 4 is 0 Å². The number of hydrogen-bond acceptors (Lipinski definition) is 3. The van der Waals surface area contributed by atoms with E-state index < -0.39 is 17.3 Å². The third-order valence-corrected chi connectivity index (χ3v) is 3.93. The van der Waals surface area contributed by atoms with Gasteiger partial charge in [-0.15, -0.1) is 0 Å². The van der Waals surface area contributed by atoms with Crippen molar-refractivity contribution in [2.75, 3.05) is 32.8 Å². The highest BCUT2D eigenvalue weighted by molar-refractivity contribution is 5.31. The van der Waals surface area contributed by atoms with Gasteiger partial charge in [-0.25, -0.2) is 0 Å². The van der Waals surface area contributed by atoms with Gasteiger partial charge < -0.3 is 10.4 Å². The van der Waals surface area contributed by atoms with Crippen molar-refractivity contribution in [1.29, 1.82) is 0 Å². The van der Waals surface area contributed by atoms with Crippen LogP contribution in [0.5, 0.6) is 0 Å². The molecule has 3 nitrogen and oxygen atoms in total. The molecule has 0 saturated carbocycles. The van der Waals surface area contributed by atoms with Gasteiger partial charge >= 0.3 is 6.18 Å². The molecule has 1 aromatic rings. The van der Waals surface area contributed by atoms with Crippen LogP contribution in [0.15, 0.2) is 24.3 Å². The highest BCUT2D eigenvalue weighted by atomic mass is 19.4. The van der Waals surface area contributed by atoms with Gasteiger partial charge in [0.05, 0.1) is 17.7 Å². The number of halogens is 3. The minimum atomic E-state index is -4.37. The zero-order valence-corrected chi connectivity index (χ0v) is 11.4. The summed E-state index contributed by atoms with van der Waals surface area (Å²) in [6, 6.07) is 5.24. The van der Waals surface area contributed by atoms with Gasteiger partial charge in [-0.3, -0.25) is 4.90 Å². The first kappa shape index (κ1) is 15.3. The average molecular weight is 288 g/mol. The van der Waals surface area contributed by atoms with Crippen molar-refractivity contribution in [3.8, 4) is 0 Å². The molecule has 1 fully saturated rings. The molecule has 1 aliphatic rings. The topological polar surface area (TPSA) is 35.5 Å². The van der Waals surface area contributed by atoms with E-state index in [1.807, 2.05) is 4.90 Å². The van der Waals surface area contributed by atoms with Crippen molar-refractivity contribution in [3.63, 3.8) is 0 Å². The SMILES string of the molecule is CC(CO)(c1cccc(C(F)(F)F)c1)N1CCNCC1. The molecular weight excluding hydrogens is 269 g/mol. The van der Waals surface area contributed by atoms with Gasteiger partial charge in [-0.1, -0.05) is 12.1 Å². The highest BCUT2D eigenvalue weighted by Crippen LogP contribution is 2.34. The summed E-state index contributed by atoms with van der Waals surface area (Å²) in [6.07, 6.45) is -4.37. The maximum atomic E-state index is 12.8. The van der Waals surface area contributed by atoms with E-state index in [2.05, 4.69) is 5.32 Å². The molecule has 20 heavy (non-hydrogen) atoms. The van der Waals surface area contributed by atoms with Crippen LogP contribution in [0.3, 0.4) is 0 Å². The number of piperazine rings is 1. The van der Waals surface area contributed by atoms with Gasteiger partial charge in [0.25, 0.3) is 0 Å². The van der Waals surface area contributed by atoms with E-state index in [1.165, 1.54) is 6.07 Å². The Morgan fingerprint density at radius 1 is 1.20 bits per heavy atom. The number of aliphatic hydroxyl groups is 1. The maximum absolute atomic E-state index is 12.8. The van der Waals surface area contributed by atoms with Crippen molar-refractivity contribution in [3.05, 3.63) is 35.4 Å². The van der Waals surface area contributed by atoms with Crippen molar-refractivity contribution in [1.82, 2.24) is 10.2 Å². The molecule has 1 atom stereocenters.